The topological polar surface area (TPSA) is 48.3 Å². The van der Waals surface area contributed by atoms with E-state index in [1.165, 1.54) is 12.8 Å². The zero-order valence-electron chi connectivity index (χ0n) is 10.1. The van der Waals surface area contributed by atoms with Gasteiger partial charge < -0.3 is 4.74 Å². The van der Waals surface area contributed by atoms with Gasteiger partial charge in [-0.25, -0.2) is 0 Å². The van der Waals surface area contributed by atoms with Crippen molar-refractivity contribution in [1.82, 2.24) is 10.2 Å². The molecule has 3 atom stereocenters. The zero-order valence-corrected chi connectivity index (χ0v) is 10.1. The molecule has 1 N–H and O–H groups in total. The van der Waals surface area contributed by atoms with Crippen LogP contribution in [-0.4, -0.2) is 48.8 Å². The lowest BCUT2D eigenvalue weighted by Crippen LogP contribution is -2.52. The first-order valence-electron chi connectivity index (χ1n) is 6.20. The Kier molecular flexibility index (Phi) is 3.80. The van der Waals surface area contributed by atoms with Gasteiger partial charge in [-0.2, -0.15) is 5.26 Å². The minimum atomic E-state index is -0.0275. The Hall–Kier alpha value is -0.630. The number of hydrogen-bond acceptors (Lipinski definition) is 4. The Morgan fingerprint density at radius 3 is 2.88 bits per heavy atom. The van der Waals surface area contributed by atoms with Crippen molar-refractivity contribution in [3.8, 4) is 6.07 Å². The molecule has 2 aliphatic rings. The van der Waals surface area contributed by atoms with Gasteiger partial charge in [0.1, 0.15) is 6.04 Å². The molecule has 0 bridgehead atoms. The average Bonchev–Trinajstić information content (AvgIpc) is 3.06. The third-order valence-corrected chi connectivity index (χ3v) is 3.32. The van der Waals surface area contributed by atoms with Gasteiger partial charge in [-0.05, 0) is 26.7 Å². The van der Waals surface area contributed by atoms with E-state index >= 15 is 0 Å². The van der Waals surface area contributed by atoms with Gasteiger partial charge in [0, 0.05) is 25.2 Å². The summed E-state index contributed by atoms with van der Waals surface area (Å²) in [6.45, 7) is 6.79. The molecular formula is C12H21N3O. The van der Waals surface area contributed by atoms with Crippen LogP contribution in [0.3, 0.4) is 0 Å². The summed E-state index contributed by atoms with van der Waals surface area (Å²) in [4.78, 5) is 2.36. The first-order chi connectivity index (χ1) is 7.69. The fourth-order valence-corrected chi connectivity index (χ4v) is 2.13. The number of morpholine rings is 1. The summed E-state index contributed by atoms with van der Waals surface area (Å²) in [5.41, 5.74) is 0. The van der Waals surface area contributed by atoms with Crippen LogP contribution in [0.15, 0.2) is 0 Å². The second-order valence-electron chi connectivity index (χ2n) is 5.07. The van der Waals surface area contributed by atoms with Gasteiger partial charge in [0.2, 0.25) is 0 Å². The van der Waals surface area contributed by atoms with Crippen LogP contribution in [0.5, 0.6) is 0 Å². The normalized spacial score (nSPS) is 33.3. The highest BCUT2D eigenvalue weighted by Gasteiger charge is 2.29. The summed E-state index contributed by atoms with van der Waals surface area (Å²) in [6, 6.07) is 3.35. The molecule has 2 fully saturated rings. The molecule has 0 aromatic carbocycles. The minimum Gasteiger partial charge on any atom is -0.376 e. The van der Waals surface area contributed by atoms with Crippen molar-refractivity contribution in [3.63, 3.8) is 0 Å². The van der Waals surface area contributed by atoms with E-state index in [0.29, 0.717) is 12.1 Å². The van der Waals surface area contributed by atoms with Gasteiger partial charge in [0.15, 0.2) is 0 Å². The molecule has 1 saturated heterocycles. The van der Waals surface area contributed by atoms with Gasteiger partial charge in [-0.1, -0.05) is 0 Å². The van der Waals surface area contributed by atoms with E-state index in [9.17, 15) is 0 Å². The van der Waals surface area contributed by atoms with E-state index in [4.69, 9.17) is 10.00 Å². The Balaban J connectivity index is 1.82. The molecule has 1 heterocycles. The largest absolute Gasteiger partial charge is 0.376 e. The Labute approximate surface area is 97.6 Å². The van der Waals surface area contributed by atoms with Crippen LogP contribution in [0, 0.1) is 11.3 Å². The summed E-state index contributed by atoms with van der Waals surface area (Å²) in [5.74, 6) is 0. The van der Waals surface area contributed by atoms with Crippen molar-refractivity contribution in [3.05, 3.63) is 0 Å². The first-order valence-corrected chi connectivity index (χ1v) is 6.20. The fourth-order valence-electron chi connectivity index (χ4n) is 2.13. The van der Waals surface area contributed by atoms with Crippen LogP contribution in [0.2, 0.25) is 0 Å². The molecule has 16 heavy (non-hydrogen) atoms. The summed E-state index contributed by atoms with van der Waals surface area (Å²) in [5, 5.41) is 12.5. The van der Waals surface area contributed by atoms with E-state index in [1.54, 1.807) is 0 Å². The second kappa shape index (κ2) is 5.13. The van der Waals surface area contributed by atoms with Gasteiger partial charge in [0.05, 0.1) is 18.8 Å². The molecule has 0 amide bonds. The maximum atomic E-state index is 9.12. The summed E-state index contributed by atoms with van der Waals surface area (Å²) in [6.07, 6.45) is 2.75. The predicted octanol–water partition coefficient (Wildman–Crippen LogP) is 0.740. The number of nitrogens with zero attached hydrogens (tertiary/aromatic N) is 2. The quantitative estimate of drug-likeness (QED) is 0.763. The van der Waals surface area contributed by atoms with Crippen molar-refractivity contribution in [2.24, 2.45) is 0 Å². The molecule has 0 aromatic rings. The third-order valence-electron chi connectivity index (χ3n) is 3.32. The Bertz CT molecular complexity index is 272. The van der Waals surface area contributed by atoms with E-state index < -0.39 is 0 Å². The number of nitrogens with one attached hydrogen (secondary N) is 1. The summed E-state index contributed by atoms with van der Waals surface area (Å²) >= 11 is 0. The molecule has 1 saturated carbocycles. The fraction of sp³-hybridized carbons (Fsp3) is 0.917. The molecule has 0 spiro atoms. The maximum absolute atomic E-state index is 9.12. The maximum Gasteiger partial charge on any atom is 0.108 e. The van der Waals surface area contributed by atoms with Gasteiger partial charge in [-0.3, -0.25) is 10.2 Å². The molecule has 0 aromatic heterocycles. The Morgan fingerprint density at radius 1 is 1.50 bits per heavy atom. The number of ether oxygens (including phenoxy) is 1. The molecule has 90 valence electrons. The standard InChI is InChI=1S/C12H21N3O/c1-9-8-16-10(2)6-15(9)7-12(5-13)14-11-3-4-11/h9-12,14H,3-4,6-8H2,1-2H3. The zero-order chi connectivity index (χ0) is 11.5. The number of rotatable bonds is 4. The van der Waals surface area contributed by atoms with Crippen molar-refractivity contribution in [1.29, 1.82) is 5.26 Å². The second-order valence-corrected chi connectivity index (χ2v) is 5.07. The van der Waals surface area contributed by atoms with Crippen LogP contribution in [-0.2, 0) is 4.74 Å². The van der Waals surface area contributed by atoms with E-state index in [1.807, 2.05) is 0 Å². The minimum absolute atomic E-state index is 0.0275. The number of nitriles is 1. The summed E-state index contributed by atoms with van der Waals surface area (Å²) in [7, 11) is 0. The molecule has 2 rings (SSSR count). The van der Waals surface area contributed by atoms with Crippen LogP contribution in [0.1, 0.15) is 26.7 Å². The van der Waals surface area contributed by atoms with Crippen LogP contribution >= 0.6 is 0 Å². The molecule has 1 aliphatic heterocycles. The molecule has 3 unspecified atom stereocenters. The average molecular weight is 223 g/mol. The lowest BCUT2D eigenvalue weighted by atomic mass is 10.1. The first kappa shape index (κ1) is 11.8. The van der Waals surface area contributed by atoms with Crippen molar-refractivity contribution in [2.75, 3.05) is 19.7 Å². The van der Waals surface area contributed by atoms with Crippen molar-refractivity contribution in [2.45, 2.75) is 50.9 Å². The molecule has 4 nitrogen and oxygen atoms in total. The molecular weight excluding hydrogens is 202 g/mol. The molecule has 4 heteroatoms. The SMILES string of the molecule is CC1CN(CC(C#N)NC2CC2)C(C)CO1. The van der Waals surface area contributed by atoms with E-state index in [-0.39, 0.29) is 12.1 Å². The summed E-state index contributed by atoms with van der Waals surface area (Å²) < 4.78 is 5.58. The van der Waals surface area contributed by atoms with Crippen molar-refractivity contribution < 1.29 is 4.74 Å². The highest BCUT2D eigenvalue weighted by molar-refractivity contribution is 4.98. The third kappa shape index (κ3) is 3.18. The monoisotopic (exact) mass is 223 g/mol. The smallest absolute Gasteiger partial charge is 0.108 e. The van der Waals surface area contributed by atoms with Crippen LogP contribution in [0.25, 0.3) is 0 Å². The van der Waals surface area contributed by atoms with Gasteiger partial charge in [0.25, 0.3) is 0 Å². The Morgan fingerprint density at radius 2 is 2.25 bits per heavy atom. The lowest BCUT2D eigenvalue weighted by molar-refractivity contribution is -0.0504. The van der Waals surface area contributed by atoms with Gasteiger partial charge in [-0.15, -0.1) is 0 Å². The highest BCUT2D eigenvalue weighted by Crippen LogP contribution is 2.20. The predicted molar refractivity (Wildman–Crippen MR) is 62.0 cm³/mol. The van der Waals surface area contributed by atoms with E-state index in [0.717, 1.165) is 19.7 Å². The van der Waals surface area contributed by atoms with Crippen LogP contribution in [0.4, 0.5) is 0 Å². The number of hydrogen-bond donors (Lipinski definition) is 1. The molecule has 0 radical (unpaired) electrons. The van der Waals surface area contributed by atoms with E-state index in [2.05, 4.69) is 30.1 Å². The lowest BCUT2D eigenvalue weighted by Gasteiger charge is -2.37. The van der Waals surface area contributed by atoms with Crippen molar-refractivity contribution >= 4 is 0 Å². The molecule has 1 aliphatic carbocycles. The van der Waals surface area contributed by atoms with Gasteiger partial charge >= 0.3 is 0 Å². The van der Waals surface area contributed by atoms with Crippen LogP contribution < -0.4 is 5.32 Å². The highest BCUT2D eigenvalue weighted by atomic mass is 16.5.